The van der Waals surface area contributed by atoms with Crippen LogP contribution in [-0.4, -0.2) is 93.1 Å². The molecule has 0 saturated heterocycles. The highest BCUT2D eigenvalue weighted by Crippen LogP contribution is 2.29. The van der Waals surface area contributed by atoms with E-state index in [0.717, 1.165) is 39.6 Å². The fraction of sp³-hybridized carbons (Fsp3) is 0.474. The van der Waals surface area contributed by atoms with Crippen LogP contribution >= 0.6 is 0 Å². The maximum absolute atomic E-state index is 13.7. The summed E-state index contributed by atoms with van der Waals surface area (Å²) >= 11 is 0. The monoisotopic (exact) mass is 716 g/mol. The Hall–Kier alpha value is -5.40. The highest BCUT2D eigenvalue weighted by molar-refractivity contribution is 5.88. The van der Waals surface area contributed by atoms with Crippen molar-refractivity contribution < 1.29 is 28.7 Å². The van der Waals surface area contributed by atoms with Crippen molar-refractivity contribution in [1.82, 2.24) is 40.4 Å². The maximum atomic E-state index is 13.7. The summed E-state index contributed by atoms with van der Waals surface area (Å²) in [4.78, 5) is 71.1. The average molecular weight is 717 g/mol. The SMILES string of the molecule is C=CCCN(Cc1nc2ccc(-c3ccc4nc([C@H](C)N(CCC)C(=O)[C@@H](NC(=O)OC)C(C)C)[nH]c4c3)cc2[nH]1)C(=O)[C@@H](NC(=O)OC)C(C)C. The van der Waals surface area contributed by atoms with Gasteiger partial charge in [0.25, 0.3) is 0 Å². The lowest BCUT2D eigenvalue weighted by molar-refractivity contribution is -0.137. The minimum atomic E-state index is -0.759. The Kier molecular flexibility index (Phi) is 13.4. The molecular weight excluding hydrogens is 664 g/mol. The topological polar surface area (TPSA) is 175 Å². The molecule has 2 heterocycles. The lowest BCUT2D eigenvalue weighted by Crippen LogP contribution is -2.52. The van der Waals surface area contributed by atoms with E-state index in [2.05, 4.69) is 27.2 Å². The Morgan fingerprint density at radius 1 is 0.808 bits per heavy atom. The number of H-pyrrole nitrogens is 2. The van der Waals surface area contributed by atoms with Gasteiger partial charge in [0.1, 0.15) is 23.7 Å². The first kappa shape index (κ1) is 39.4. The smallest absolute Gasteiger partial charge is 0.407 e. The van der Waals surface area contributed by atoms with E-state index in [1.807, 2.05) is 77.9 Å². The van der Waals surface area contributed by atoms with Gasteiger partial charge in [0.15, 0.2) is 0 Å². The summed E-state index contributed by atoms with van der Waals surface area (Å²) in [5.41, 5.74) is 5.05. The number of methoxy groups -OCH3 is 2. The van der Waals surface area contributed by atoms with Crippen molar-refractivity contribution in [3.05, 3.63) is 60.7 Å². The molecule has 0 aliphatic carbocycles. The molecule has 0 saturated carbocycles. The first-order valence-corrected chi connectivity index (χ1v) is 17.7. The number of hydrogen-bond acceptors (Lipinski definition) is 8. The van der Waals surface area contributed by atoms with E-state index in [1.165, 1.54) is 14.2 Å². The van der Waals surface area contributed by atoms with Gasteiger partial charge >= 0.3 is 12.2 Å². The molecule has 4 N–H and O–H groups in total. The van der Waals surface area contributed by atoms with E-state index >= 15 is 0 Å². The van der Waals surface area contributed by atoms with Crippen molar-refractivity contribution in [3.63, 3.8) is 0 Å². The zero-order valence-corrected chi connectivity index (χ0v) is 31.4. The predicted octanol–water partition coefficient (Wildman–Crippen LogP) is 6.07. The Bertz CT molecular complexity index is 1880. The van der Waals surface area contributed by atoms with Gasteiger partial charge < -0.3 is 39.9 Å². The Morgan fingerprint density at radius 3 is 1.87 bits per heavy atom. The van der Waals surface area contributed by atoms with Crippen LogP contribution in [0, 0.1) is 11.8 Å². The molecule has 0 aliphatic rings. The third kappa shape index (κ3) is 9.28. The molecule has 0 aliphatic heterocycles. The highest BCUT2D eigenvalue weighted by atomic mass is 16.5. The van der Waals surface area contributed by atoms with Crippen molar-refractivity contribution in [3.8, 4) is 11.1 Å². The molecular formula is C38H52N8O6. The number of carbonyl (C=O) groups excluding carboxylic acids is 4. The molecule has 280 valence electrons. The zero-order valence-electron chi connectivity index (χ0n) is 31.4. The van der Waals surface area contributed by atoms with Crippen LogP contribution in [0.2, 0.25) is 0 Å². The van der Waals surface area contributed by atoms with Crippen molar-refractivity contribution in [2.75, 3.05) is 27.3 Å². The van der Waals surface area contributed by atoms with Gasteiger partial charge in [-0.05, 0) is 67.0 Å². The molecule has 0 spiro atoms. The second-order valence-corrected chi connectivity index (χ2v) is 13.5. The molecule has 4 aromatic rings. The number of rotatable bonds is 16. The molecule has 14 nitrogen and oxygen atoms in total. The molecule has 52 heavy (non-hydrogen) atoms. The largest absolute Gasteiger partial charge is 0.453 e. The van der Waals surface area contributed by atoms with E-state index in [4.69, 9.17) is 19.4 Å². The van der Waals surface area contributed by atoms with Crippen molar-refractivity contribution in [2.24, 2.45) is 11.8 Å². The van der Waals surface area contributed by atoms with Crippen molar-refractivity contribution in [1.29, 1.82) is 0 Å². The normalized spacial score (nSPS) is 13.1. The molecule has 4 amide bonds. The predicted molar refractivity (Wildman–Crippen MR) is 200 cm³/mol. The number of carbonyl (C=O) groups is 4. The summed E-state index contributed by atoms with van der Waals surface area (Å²) in [6.45, 7) is 16.3. The number of nitrogens with one attached hydrogen (secondary N) is 4. The van der Waals surface area contributed by atoms with Gasteiger partial charge in [-0.2, -0.15) is 0 Å². The molecule has 0 fully saturated rings. The quantitative estimate of drug-likeness (QED) is 0.101. The van der Waals surface area contributed by atoms with Gasteiger partial charge in [-0.3, -0.25) is 9.59 Å². The van der Waals surface area contributed by atoms with E-state index in [-0.39, 0.29) is 36.2 Å². The Balaban J connectivity index is 1.58. The fourth-order valence-corrected chi connectivity index (χ4v) is 6.08. The van der Waals surface area contributed by atoms with Gasteiger partial charge in [-0.25, -0.2) is 19.6 Å². The third-order valence-electron chi connectivity index (χ3n) is 9.01. The van der Waals surface area contributed by atoms with E-state index in [1.54, 1.807) is 15.9 Å². The number of alkyl carbamates (subject to hydrolysis) is 2. The average Bonchev–Trinajstić information content (AvgIpc) is 3.75. The first-order chi connectivity index (χ1) is 24.8. The number of ether oxygens (including phenoxy) is 2. The minimum absolute atomic E-state index is 0.147. The lowest BCUT2D eigenvalue weighted by atomic mass is 10.0. The number of amides is 4. The second kappa shape index (κ2) is 17.7. The number of hydrogen-bond donors (Lipinski definition) is 4. The number of nitrogens with zero attached hydrogens (tertiary/aromatic N) is 4. The fourth-order valence-electron chi connectivity index (χ4n) is 6.08. The summed E-state index contributed by atoms with van der Waals surface area (Å²) in [6.07, 6.45) is 1.74. The van der Waals surface area contributed by atoms with Crippen LogP contribution < -0.4 is 10.6 Å². The van der Waals surface area contributed by atoms with Gasteiger partial charge in [0, 0.05) is 13.1 Å². The van der Waals surface area contributed by atoms with E-state index < -0.39 is 24.3 Å². The number of benzene rings is 2. The molecule has 2 aromatic carbocycles. The standard InChI is InChI=1S/C38H52N8O6/c1-10-12-18-45(35(47)32(22(3)4)43-37(49)51-8)21-31-39-27-15-13-25(19-29(27)40-31)26-14-16-28-30(20-26)42-34(41-28)24(7)46(17-11-2)36(48)33(23(5)6)44-38(50)52-9/h10,13-16,19-20,22-24,32-33H,1,11-12,17-18,21H2,2-9H3,(H,39,40)(H,41,42)(H,43,49)(H,44,50)/t24-,32-,33-/m0/s1. The number of aromatic nitrogens is 4. The van der Waals surface area contributed by atoms with Gasteiger partial charge in [0.2, 0.25) is 11.8 Å². The third-order valence-corrected chi connectivity index (χ3v) is 9.01. The molecule has 0 radical (unpaired) electrons. The van der Waals surface area contributed by atoms with Crippen LogP contribution in [-0.2, 0) is 25.6 Å². The maximum Gasteiger partial charge on any atom is 0.407 e. The van der Waals surface area contributed by atoms with Crippen LogP contribution in [0.3, 0.4) is 0 Å². The van der Waals surface area contributed by atoms with Crippen molar-refractivity contribution in [2.45, 2.75) is 79.1 Å². The first-order valence-electron chi connectivity index (χ1n) is 17.7. The van der Waals surface area contributed by atoms with Gasteiger partial charge in [-0.1, -0.05) is 52.8 Å². The van der Waals surface area contributed by atoms with Crippen LogP contribution in [0.15, 0.2) is 49.1 Å². The second-order valence-electron chi connectivity index (χ2n) is 13.5. The molecule has 0 bridgehead atoms. The molecule has 3 atom stereocenters. The van der Waals surface area contributed by atoms with Crippen LogP contribution in [0.4, 0.5) is 9.59 Å². The number of aromatic amines is 2. The van der Waals surface area contributed by atoms with Crippen molar-refractivity contribution >= 4 is 46.1 Å². The summed E-state index contributed by atoms with van der Waals surface area (Å²) in [5.74, 6) is 0.512. The Labute approximate surface area is 304 Å². The molecule has 14 heteroatoms. The molecule has 4 rings (SSSR count). The Morgan fingerprint density at radius 2 is 1.35 bits per heavy atom. The minimum Gasteiger partial charge on any atom is -0.453 e. The summed E-state index contributed by atoms with van der Waals surface area (Å²) in [6, 6.07) is 10.0. The number of imidazole rings is 2. The van der Waals surface area contributed by atoms with Gasteiger partial charge in [-0.15, -0.1) is 6.58 Å². The van der Waals surface area contributed by atoms with Crippen LogP contribution in [0.25, 0.3) is 33.2 Å². The molecule has 0 unspecified atom stereocenters. The lowest BCUT2D eigenvalue weighted by Gasteiger charge is -2.32. The molecule has 2 aromatic heterocycles. The van der Waals surface area contributed by atoms with Crippen LogP contribution in [0.1, 0.15) is 72.1 Å². The van der Waals surface area contributed by atoms with E-state index in [9.17, 15) is 19.2 Å². The summed E-state index contributed by atoms with van der Waals surface area (Å²) < 4.78 is 9.51. The summed E-state index contributed by atoms with van der Waals surface area (Å²) in [7, 11) is 2.54. The van der Waals surface area contributed by atoms with Crippen LogP contribution in [0.5, 0.6) is 0 Å². The van der Waals surface area contributed by atoms with Gasteiger partial charge in [0.05, 0.1) is 48.9 Å². The number of fused-ring (bicyclic) bond motifs is 2. The highest BCUT2D eigenvalue weighted by Gasteiger charge is 2.33. The van der Waals surface area contributed by atoms with E-state index in [0.29, 0.717) is 31.2 Å². The summed E-state index contributed by atoms with van der Waals surface area (Å²) in [5, 5.41) is 5.35. The zero-order chi connectivity index (χ0) is 38.1.